The third-order valence-corrected chi connectivity index (χ3v) is 5.38. The van der Waals surface area contributed by atoms with Crippen LogP contribution in [0.2, 0.25) is 10.0 Å². The first-order chi connectivity index (χ1) is 8.82. The summed E-state index contributed by atoms with van der Waals surface area (Å²) in [4.78, 5) is 0. The lowest BCUT2D eigenvalue weighted by Gasteiger charge is -2.06. The topological polar surface area (TPSA) is 69.2 Å². The molecular formula is C10H8Cl2N2O3S2. The van der Waals surface area contributed by atoms with Crippen LogP contribution in [0.5, 0.6) is 5.75 Å². The highest BCUT2D eigenvalue weighted by atomic mass is 35.5. The Morgan fingerprint density at radius 1 is 1.21 bits per heavy atom. The molecule has 19 heavy (non-hydrogen) atoms. The van der Waals surface area contributed by atoms with Crippen LogP contribution in [-0.4, -0.2) is 32.0 Å². The molecule has 1 aromatic heterocycles. The molecular weight excluding hydrogens is 331 g/mol. The largest absolute Gasteiger partial charge is 0.494 e. The van der Waals surface area contributed by atoms with Crippen molar-refractivity contribution in [1.29, 1.82) is 0 Å². The maximum atomic E-state index is 11.3. The number of hydrogen-bond acceptors (Lipinski definition) is 6. The molecule has 0 bridgehead atoms. The monoisotopic (exact) mass is 338 g/mol. The second-order valence-corrected chi connectivity index (χ2v) is 7.60. The Morgan fingerprint density at radius 3 is 2.21 bits per heavy atom. The Balaban J connectivity index is 2.51. The van der Waals surface area contributed by atoms with Gasteiger partial charge in [0.2, 0.25) is 14.2 Å². The zero-order valence-corrected chi connectivity index (χ0v) is 13.0. The predicted octanol–water partition coefficient (Wildman–Crippen LogP) is 2.92. The molecule has 5 nitrogen and oxygen atoms in total. The fourth-order valence-corrected chi connectivity index (χ4v) is 3.59. The van der Waals surface area contributed by atoms with E-state index in [0.717, 1.165) is 17.6 Å². The standard InChI is InChI=1S/C10H8Cl2N2O3S2/c1-17-8-6(11)3-5(4-7(8)12)9-13-14-10(18-9)19(2,15)16/h3-4H,1-2H3. The van der Waals surface area contributed by atoms with Crippen LogP contribution in [0.1, 0.15) is 0 Å². The molecule has 1 heterocycles. The Labute approximate surface area is 124 Å². The van der Waals surface area contributed by atoms with Gasteiger partial charge >= 0.3 is 0 Å². The summed E-state index contributed by atoms with van der Waals surface area (Å²) in [5.74, 6) is 0.361. The summed E-state index contributed by atoms with van der Waals surface area (Å²) < 4.78 is 27.7. The summed E-state index contributed by atoms with van der Waals surface area (Å²) in [7, 11) is -1.91. The number of sulfone groups is 1. The molecule has 0 aliphatic heterocycles. The lowest BCUT2D eigenvalue weighted by Crippen LogP contribution is -1.95. The zero-order chi connectivity index (χ0) is 14.2. The van der Waals surface area contributed by atoms with Crippen LogP contribution >= 0.6 is 34.5 Å². The van der Waals surface area contributed by atoms with Crippen LogP contribution in [0.4, 0.5) is 0 Å². The van der Waals surface area contributed by atoms with Gasteiger partial charge in [0.25, 0.3) is 0 Å². The van der Waals surface area contributed by atoms with Crippen molar-refractivity contribution in [1.82, 2.24) is 10.2 Å². The summed E-state index contributed by atoms with van der Waals surface area (Å²) in [6.45, 7) is 0. The van der Waals surface area contributed by atoms with E-state index in [1.165, 1.54) is 7.11 Å². The van der Waals surface area contributed by atoms with Gasteiger partial charge in [-0.15, -0.1) is 10.2 Å². The number of nitrogens with zero attached hydrogens (tertiary/aromatic N) is 2. The summed E-state index contributed by atoms with van der Waals surface area (Å²) >= 11 is 13.0. The highest BCUT2D eigenvalue weighted by Crippen LogP contribution is 2.38. The van der Waals surface area contributed by atoms with Gasteiger partial charge in [0.05, 0.1) is 17.2 Å². The van der Waals surface area contributed by atoms with E-state index in [1.807, 2.05) is 0 Å². The minimum Gasteiger partial charge on any atom is -0.494 e. The highest BCUT2D eigenvalue weighted by molar-refractivity contribution is 7.92. The average Bonchev–Trinajstić information content (AvgIpc) is 2.77. The van der Waals surface area contributed by atoms with Gasteiger partial charge in [-0.1, -0.05) is 34.5 Å². The molecule has 0 N–H and O–H groups in total. The van der Waals surface area contributed by atoms with Crippen molar-refractivity contribution in [3.05, 3.63) is 22.2 Å². The van der Waals surface area contributed by atoms with E-state index in [1.54, 1.807) is 12.1 Å². The van der Waals surface area contributed by atoms with E-state index >= 15 is 0 Å². The lowest BCUT2D eigenvalue weighted by molar-refractivity contribution is 0.415. The smallest absolute Gasteiger partial charge is 0.232 e. The van der Waals surface area contributed by atoms with E-state index in [9.17, 15) is 8.42 Å². The molecule has 1 aromatic carbocycles. The molecule has 0 saturated carbocycles. The van der Waals surface area contributed by atoms with Crippen LogP contribution < -0.4 is 4.74 Å². The number of halogens is 2. The Hall–Kier alpha value is -0.890. The van der Waals surface area contributed by atoms with Crippen molar-refractivity contribution < 1.29 is 13.2 Å². The number of rotatable bonds is 3. The maximum Gasteiger partial charge on any atom is 0.232 e. The number of benzene rings is 1. The molecule has 102 valence electrons. The average molecular weight is 339 g/mol. The minimum atomic E-state index is -3.37. The number of aromatic nitrogens is 2. The lowest BCUT2D eigenvalue weighted by atomic mass is 10.2. The van der Waals surface area contributed by atoms with Crippen LogP contribution in [0.25, 0.3) is 10.6 Å². The Morgan fingerprint density at radius 2 is 1.79 bits per heavy atom. The molecule has 0 aliphatic rings. The third-order valence-electron chi connectivity index (χ3n) is 2.17. The van der Waals surface area contributed by atoms with Crippen molar-refractivity contribution in [2.45, 2.75) is 4.34 Å². The molecule has 0 aliphatic carbocycles. The normalized spacial score (nSPS) is 11.6. The molecule has 0 saturated heterocycles. The first kappa shape index (κ1) is 14.5. The number of hydrogen-bond donors (Lipinski definition) is 0. The van der Waals surface area contributed by atoms with Crippen molar-refractivity contribution in [3.63, 3.8) is 0 Å². The Kier molecular flexibility index (Phi) is 4.00. The van der Waals surface area contributed by atoms with Gasteiger partial charge in [-0.25, -0.2) is 8.42 Å². The first-order valence-electron chi connectivity index (χ1n) is 4.90. The molecule has 0 atom stereocenters. The van der Waals surface area contributed by atoms with Gasteiger partial charge in [-0.2, -0.15) is 0 Å². The minimum absolute atomic E-state index is 0.0504. The second-order valence-electron chi connectivity index (χ2n) is 3.62. The number of methoxy groups -OCH3 is 1. The van der Waals surface area contributed by atoms with Crippen molar-refractivity contribution in [3.8, 4) is 16.3 Å². The fraction of sp³-hybridized carbons (Fsp3) is 0.200. The summed E-state index contributed by atoms with van der Waals surface area (Å²) in [6, 6.07) is 3.19. The quantitative estimate of drug-likeness (QED) is 0.860. The van der Waals surface area contributed by atoms with Gasteiger partial charge in [0.15, 0.2) is 5.75 Å². The van der Waals surface area contributed by atoms with Crippen molar-refractivity contribution >= 4 is 44.4 Å². The number of ether oxygens (including phenoxy) is 1. The van der Waals surface area contributed by atoms with E-state index in [0.29, 0.717) is 26.4 Å². The van der Waals surface area contributed by atoms with Gasteiger partial charge in [0.1, 0.15) is 5.01 Å². The summed E-state index contributed by atoms with van der Waals surface area (Å²) in [5.41, 5.74) is 0.586. The maximum absolute atomic E-state index is 11.3. The first-order valence-corrected chi connectivity index (χ1v) is 8.36. The van der Waals surface area contributed by atoms with E-state index in [2.05, 4.69) is 10.2 Å². The van der Waals surface area contributed by atoms with Gasteiger partial charge in [0, 0.05) is 11.8 Å². The second kappa shape index (κ2) is 5.24. The molecule has 2 rings (SSSR count). The zero-order valence-electron chi connectivity index (χ0n) is 9.85. The molecule has 0 amide bonds. The summed E-state index contributed by atoms with van der Waals surface area (Å²) in [5, 5.41) is 8.51. The van der Waals surface area contributed by atoms with E-state index in [4.69, 9.17) is 27.9 Å². The van der Waals surface area contributed by atoms with Gasteiger partial charge in [-0.05, 0) is 12.1 Å². The van der Waals surface area contributed by atoms with Gasteiger partial charge < -0.3 is 4.74 Å². The molecule has 9 heteroatoms. The van der Waals surface area contributed by atoms with Crippen LogP contribution in [0.3, 0.4) is 0 Å². The molecule has 0 unspecified atom stereocenters. The predicted molar refractivity (Wildman–Crippen MR) is 75.0 cm³/mol. The van der Waals surface area contributed by atoms with Crippen molar-refractivity contribution in [2.75, 3.05) is 13.4 Å². The SMILES string of the molecule is COc1c(Cl)cc(-c2nnc(S(C)(=O)=O)s2)cc1Cl. The van der Waals surface area contributed by atoms with E-state index in [-0.39, 0.29) is 4.34 Å². The highest BCUT2D eigenvalue weighted by Gasteiger charge is 2.17. The van der Waals surface area contributed by atoms with Crippen LogP contribution in [0, 0.1) is 0 Å². The fourth-order valence-electron chi connectivity index (χ4n) is 1.35. The van der Waals surface area contributed by atoms with Crippen LogP contribution in [0.15, 0.2) is 16.5 Å². The molecule has 0 fully saturated rings. The third kappa shape index (κ3) is 3.00. The summed E-state index contributed by atoms with van der Waals surface area (Å²) in [6.07, 6.45) is 1.07. The molecule has 0 radical (unpaired) electrons. The van der Waals surface area contributed by atoms with Crippen LogP contribution in [-0.2, 0) is 9.84 Å². The van der Waals surface area contributed by atoms with E-state index < -0.39 is 9.84 Å². The Bertz CT molecular complexity index is 705. The van der Waals surface area contributed by atoms with Crippen molar-refractivity contribution in [2.24, 2.45) is 0 Å². The molecule has 0 spiro atoms. The molecule has 2 aromatic rings. The van der Waals surface area contributed by atoms with Gasteiger partial charge in [-0.3, -0.25) is 0 Å².